The topological polar surface area (TPSA) is 59.1 Å². The van der Waals surface area contributed by atoms with Crippen LogP contribution in [0.5, 0.6) is 0 Å². The fourth-order valence-electron chi connectivity index (χ4n) is 0.895. The molecule has 0 aliphatic rings. The minimum atomic E-state index is -2.72. The van der Waals surface area contributed by atoms with Crippen molar-refractivity contribution in [2.24, 2.45) is 0 Å². The van der Waals surface area contributed by atoms with Gasteiger partial charge in [0.2, 0.25) is 0 Å². The lowest BCUT2D eigenvalue weighted by atomic mass is 10.2. The van der Waals surface area contributed by atoms with Gasteiger partial charge in [-0.1, -0.05) is 11.6 Å². The molecular formula is C7H7ClF2N2O. The molecule has 0 aliphatic heterocycles. The third kappa shape index (κ3) is 2.05. The van der Waals surface area contributed by atoms with E-state index >= 15 is 0 Å². The average Bonchev–Trinajstić information content (AvgIpc) is 2.08. The number of anilines is 1. The van der Waals surface area contributed by atoms with Crippen LogP contribution in [0.4, 0.5) is 14.5 Å². The summed E-state index contributed by atoms with van der Waals surface area (Å²) in [5, 5.41) is 8.60. The van der Waals surface area contributed by atoms with Gasteiger partial charge in [-0.15, -0.1) is 0 Å². The maximum Gasteiger partial charge on any atom is 0.266 e. The first-order chi connectivity index (χ1) is 6.06. The molecule has 0 radical (unpaired) electrons. The predicted octanol–water partition coefficient (Wildman–Crippen LogP) is 1.75. The largest absolute Gasteiger partial charge is 0.397 e. The van der Waals surface area contributed by atoms with E-state index in [-0.39, 0.29) is 16.5 Å². The molecule has 6 heteroatoms. The number of hydrogen-bond donors (Lipinski definition) is 2. The summed E-state index contributed by atoms with van der Waals surface area (Å²) < 4.78 is 24.6. The standard InChI is InChI=1S/C7H7ClF2N2O/c8-5-1-3(7(9)10)6(11)4(2-13)12-5/h1,7,13H,2,11H2. The Kier molecular flexibility index (Phi) is 3.00. The number of nitrogens with zero attached hydrogens (tertiary/aromatic N) is 1. The summed E-state index contributed by atoms with van der Waals surface area (Å²) >= 11 is 5.43. The van der Waals surface area contributed by atoms with Gasteiger partial charge in [0.1, 0.15) is 5.15 Å². The van der Waals surface area contributed by atoms with Crippen molar-refractivity contribution >= 4 is 17.3 Å². The molecule has 0 bridgehead atoms. The molecule has 13 heavy (non-hydrogen) atoms. The molecule has 1 aromatic rings. The van der Waals surface area contributed by atoms with Crippen molar-refractivity contribution in [1.29, 1.82) is 0 Å². The Labute approximate surface area is 78.1 Å². The number of aliphatic hydroxyl groups is 1. The second-order valence-corrected chi connectivity index (χ2v) is 2.74. The van der Waals surface area contributed by atoms with E-state index in [1.807, 2.05) is 0 Å². The summed E-state index contributed by atoms with van der Waals surface area (Å²) in [5.74, 6) is 0. The van der Waals surface area contributed by atoms with Crippen molar-refractivity contribution in [2.45, 2.75) is 13.0 Å². The molecule has 0 fully saturated rings. The lowest BCUT2D eigenvalue weighted by Gasteiger charge is -2.08. The lowest BCUT2D eigenvalue weighted by molar-refractivity contribution is 0.152. The summed E-state index contributed by atoms with van der Waals surface area (Å²) in [5.41, 5.74) is 4.67. The highest BCUT2D eigenvalue weighted by Gasteiger charge is 2.15. The normalized spacial score (nSPS) is 10.8. The zero-order chi connectivity index (χ0) is 10.0. The van der Waals surface area contributed by atoms with Crippen molar-refractivity contribution in [3.63, 3.8) is 0 Å². The van der Waals surface area contributed by atoms with Crippen molar-refractivity contribution < 1.29 is 13.9 Å². The van der Waals surface area contributed by atoms with Gasteiger partial charge in [0.05, 0.1) is 18.0 Å². The summed E-state index contributed by atoms with van der Waals surface area (Å²) in [6.07, 6.45) is -2.72. The quantitative estimate of drug-likeness (QED) is 0.728. The van der Waals surface area contributed by atoms with E-state index in [2.05, 4.69) is 4.98 Å². The molecule has 3 nitrogen and oxygen atoms in total. The number of halogens is 3. The Morgan fingerprint density at radius 2 is 2.23 bits per heavy atom. The molecule has 0 aromatic carbocycles. The molecule has 0 atom stereocenters. The molecule has 1 heterocycles. The molecule has 3 N–H and O–H groups in total. The zero-order valence-corrected chi connectivity index (χ0v) is 7.22. The highest BCUT2D eigenvalue weighted by Crippen LogP contribution is 2.28. The van der Waals surface area contributed by atoms with E-state index in [1.165, 1.54) is 0 Å². The van der Waals surface area contributed by atoms with Gasteiger partial charge >= 0.3 is 0 Å². The minimum absolute atomic E-state index is 0.0252. The van der Waals surface area contributed by atoms with Crippen LogP contribution in [0.2, 0.25) is 5.15 Å². The van der Waals surface area contributed by atoms with E-state index in [1.54, 1.807) is 0 Å². The van der Waals surface area contributed by atoms with Gasteiger partial charge in [-0.3, -0.25) is 0 Å². The average molecular weight is 209 g/mol. The molecule has 0 saturated heterocycles. The smallest absolute Gasteiger partial charge is 0.266 e. The number of aromatic nitrogens is 1. The number of alkyl halides is 2. The van der Waals surface area contributed by atoms with Crippen LogP contribution in [0.1, 0.15) is 17.7 Å². The predicted molar refractivity (Wildman–Crippen MR) is 44.5 cm³/mol. The van der Waals surface area contributed by atoms with Crippen molar-refractivity contribution in [2.75, 3.05) is 5.73 Å². The van der Waals surface area contributed by atoms with E-state index in [9.17, 15) is 8.78 Å². The lowest BCUT2D eigenvalue weighted by Crippen LogP contribution is -2.03. The Balaban J connectivity index is 3.27. The van der Waals surface area contributed by atoms with Crippen LogP contribution in [0.25, 0.3) is 0 Å². The van der Waals surface area contributed by atoms with Crippen LogP contribution in [-0.4, -0.2) is 10.1 Å². The second-order valence-electron chi connectivity index (χ2n) is 2.35. The van der Waals surface area contributed by atoms with E-state index < -0.39 is 18.6 Å². The number of nitrogens with two attached hydrogens (primary N) is 1. The Hall–Kier alpha value is -0.940. The summed E-state index contributed by atoms with van der Waals surface area (Å²) in [6, 6.07) is 0.987. The molecule has 0 saturated carbocycles. The minimum Gasteiger partial charge on any atom is -0.397 e. The molecule has 0 spiro atoms. The van der Waals surface area contributed by atoms with Crippen LogP contribution in [0.15, 0.2) is 6.07 Å². The summed E-state index contributed by atoms with van der Waals surface area (Å²) in [7, 11) is 0. The fourth-order valence-corrected chi connectivity index (χ4v) is 1.11. The van der Waals surface area contributed by atoms with Crippen molar-refractivity contribution in [3.05, 3.63) is 22.5 Å². The molecular weight excluding hydrogens is 202 g/mol. The van der Waals surface area contributed by atoms with Gasteiger partial charge < -0.3 is 10.8 Å². The monoisotopic (exact) mass is 208 g/mol. The molecule has 72 valence electrons. The van der Waals surface area contributed by atoms with Crippen LogP contribution in [0.3, 0.4) is 0 Å². The molecule has 0 amide bonds. The first-order valence-corrected chi connectivity index (χ1v) is 3.78. The maximum absolute atomic E-state index is 12.3. The highest BCUT2D eigenvalue weighted by atomic mass is 35.5. The van der Waals surface area contributed by atoms with Gasteiger partial charge in [0, 0.05) is 5.56 Å². The SMILES string of the molecule is Nc1c(C(F)F)cc(Cl)nc1CO. The maximum atomic E-state index is 12.3. The second kappa shape index (κ2) is 3.85. The van der Waals surface area contributed by atoms with E-state index in [4.69, 9.17) is 22.4 Å². The van der Waals surface area contributed by atoms with Crippen LogP contribution in [0, 0.1) is 0 Å². The first-order valence-electron chi connectivity index (χ1n) is 3.40. The third-order valence-electron chi connectivity index (χ3n) is 1.52. The van der Waals surface area contributed by atoms with Crippen LogP contribution in [-0.2, 0) is 6.61 Å². The zero-order valence-electron chi connectivity index (χ0n) is 6.47. The Morgan fingerprint density at radius 3 is 2.69 bits per heavy atom. The number of hydrogen-bond acceptors (Lipinski definition) is 3. The summed E-state index contributed by atoms with van der Waals surface area (Å²) in [4.78, 5) is 3.59. The van der Waals surface area contributed by atoms with Crippen LogP contribution < -0.4 is 5.73 Å². The molecule has 1 rings (SSSR count). The number of pyridine rings is 1. The van der Waals surface area contributed by atoms with E-state index in [0.717, 1.165) is 6.07 Å². The van der Waals surface area contributed by atoms with Gasteiger partial charge in [0.15, 0.2) is 0 Å². The molecule has 1 aromatic heterocycles. The van der Waals surface area contributed by atoms with Gasteiger partial charge in [0.25, 0.3) is 6.43 Å². The number of rotatable bonds is 2. The third-order valence-corrected chi connectivity index (χ3v) is 1.72. The first kappa shape index (κ1) is 10.1. The molecule has 0 unspecified atom stereocenters. The van der Waals surface area contributed by atoms with Crippen molar-refractivity contribution in [1.82, 2.24) is 4.98 Å². The van der Waals surface area contributed by atoms with Gasteiger partial charge in [-0.25, -0.2) is 13.8 Å². The van der Waals surface area contributed by atoms with E-state index in [0.29, 0.717) is 0 Å². The molecule has 0 aliphatic carbocycles. The number of aliphatic hydroxyl groups excluding tert-OH is 1. The Morgan fingerprint density at radius 1 is 1.62 bits per heavy atom. The highest BCUT2D eigenvalue weighted by molar-refractivity contribution is 6.29. The van der Waals surface area contributed by atoms with Crippen LogP contribution >= 0.6 is 11.6 Å². The number of nitrogen functional groups attached to an aromatic ring is 1. The summed E-state index contributed by atoms with van der Waals surface area (Å²) in [6.45, 7) is -0.508. The van der Waals surface area contributed by atoms with Gasteiger partial charge in [-0.2, -0.15) is 0 Å². The Bertz CT molecular complexity index is 320. The fraction of sp³-hybridized carbons (Fsp3) is 0.286. The van der Waals surface area contributed by atoms with Crippen molar-refractivity contribution in [3.8, 4) is 0 Å². The van der Waals surface area contributed by atoms with Gasteiger partial charge in [-0.05, 0) is 6.07 Å².